The molecule has 22 heavy (non-hydrogen) atoms. The molecule has 3 unspecified atom stereocenters. The Morgan fingerprint density at radius 1 is 1.41 bits per heavy atom. The van der Waals surface area contributed by atoms with E-state index in [1.165, 1.54) is 7.11 Å². The summed E-state index contributed by atoms with van der Waals surface area (Å²) in [5, 5.41) is 16.2. The van der Waals surface area contributed by atoms with Gasteiger partial charge in [-0.1, -0.05) is 12.1 Å². The zero-order valence-corrected chi connectivity index (χ0v) is 13.0. The van der Waals surface area contributed by atoms with Crippen LogP contribution in [0.5, 0.6) is 5.75 Å². The number of carbonyl (C=O) groups is 1. The highest BCUT2D eigenvalue weighted by atomic mass is 16.6. The molecular weight excluding hydrogens is 284 g/mol. The average Bonchev–Trinajstić information content (AvgIpc) is 2.93. The van der Waals surface area contributed by atoms with Gasteiger partial charge in [0.15, 0.2) is 6.10 Å². The van der Waals surface area contributed by atoms with Crippen molar-refractivity contribution >= 4 is 5.97 Å². The van der Waals surface area contributed by atoms with E-state index in [1.807, 2.05) is 24.3 Å². The van der Waals surface area contributed by atoms with Crippen LogP contribution in [-0.4, -0.2) is 50.0 Å². The van der Waals surface area contributed by atoms with Gasteiger partial charge in [-0.3, -0.25) is 0 Å². The first-order valence-electron chi connectivity index (χ1n) is 7.53. The summed E-state index contributed by atoms with van der Waals surface area (Å²) in [6.45, 7) is 4.70. The van der Waals surface area contributed by atoms with Gasteiger partial charge in [-0.15, -0.1) is 0 Å². The van der Waals surface area contributed by atoms with Crippen LogP contribution in [0.4, 0.5) is 0 Å². The lowest BCUT2D eigenvalue weighted by molar-refractivity contribution is -0.147. The first-order valence-corrected chi connectivity index (χ1v) is 7.53. The number of hydrogen-bond acceptors (Lipinski definition) is 6. The number of benzene rings is 1. The van der Waals surface area contributed by atoms with Gasteiger partial charge in [-0.05, 0) is 24.6 Å². The van der Waals surface area contributed by atoms with Crippen molar-refractivity contribution in [2.45, 2.75) is 25.7 Å². The predicted molar refractivity (Wildman–Crippen MR) is 82.6 cm³/mol. The number of nitrogens with one attached hydrogen (secondary N) is 2. The van der Waals surface area contributed by atoms with Gasteiger partial charge in [0, 0.05) is 32.1 Å². The van der Waals surface area contributed by atoms with Crippen molar-refractivity contribution in [1.82, 2.24) is 10.6 Å². The highest BCUT2D eigenvalue weighted by molar-refractivity contribution is 5.74. The first kappa shape index (κ1) is 16.7. The van der Waals surface area contributed by atoms with E-state index in [-0.39, 0.29) is 12.0 Å². The molecular formula is C16H24N2O4. The van der Waals surface area contributed by atoms with Crippen LogP contribution < -0.4 is 15.4 Å². The monoisotopic (exact) mass is 308 g/mol. The van der Waals surface area contributed by atoms with Crippen LogP contribution in [0.25, 0.3) is 0 Å². The summed E-state index contributed by atoms with van der Waals surface area (Å²) in [6.07, 6.45) is -0.881. The van der Waals surface area contributed by atoms with Crippen molar-refractivity contribution in [1.29, 1.82) is 0 Å². The number of hydrogen-bond donors (Lipinski definition) is 3. The Kier molecular flexibility index (Phi) is 6.18. The Morgan fingerprint density at radius 2 is 2.14 bits per heavy atom. The second kappa shape index (κ2) is 8.12. The minimum absolute atomic E-state index is 0.261. The maximum Gasteiger partial charge on any atom is 0.346 e. The van der Waals surface area contributed by atoms with Crippen LogP contribution in [-0.2, 0) is 16.1 Å². The van der Waals surface area contributed by atoms with E-state index in [4.69, 9.17) is 4.74 Å². The molecule has 0 aromatic heterocycles. The molecule has 3 atom stereocenters. The SMILES string of the molecule is COC(=O)C(C)Oc1ccc(CNCC2CNCC2O)cc1. The minimum atomic E-state index is -0.620. The number of β-amino-alcohol motifs (C(OH)–C–C–N with tert-alkyl or cyclic N) is 1. The Morgan fingerprint density at radius 3 is 2.73 bits per heavy atom. The fraction of sp³-hybridized carbons (Fsp3) is 0.562. The molecule has 1 aromatic carbocycles. The van der Waals surface area contributed by atoms with E-state index < -0.39 is 12.1 Å². The van der Waals surface area contributed by atoms with Gasteiger partial charge in [0.05, 0.1) is 13.2 Å². The van der Waals surface area contributed by atoms with Crippen LogP contribution in [0.1, 0.15) is 12.5 Å². The number of ether oxygens (including phenoxy) is 2. The summed E-state index contributed by atoms with van der Waals surface area (Å²) >= 11 is 0. The number of aliphatic hydroxyl groups is 1. The molecule has 0 spiro atoms. The number of rotatable bonds is 7. The Balaban J connectivity index is 1.75. The number of carbonyl (C=O) groups excluding carboxylic acids is 1. The molecule has 1 heterocycles. The van der Waals surface area contributed by atoms with Gasteiger partial charge in [0.25, 0.3) is 0 Å². The van der Waals surface area contributed by atoms with Crippen LogP contribution in [0.15, 0.2) is 24.3 Å². The van der Waals surface area contributed by atoms with Crippen molar-refractivity contribution in [3.63, 3.8) is 0 Å². The predicted octanol–water partition coefficient (Wildman–Crippen LogP) is 0.297. The fourth-order valence-corrected chi connectivity index (χ4v) is 2.43. The summed E-state index contributed by atoms with van der Waals surface area (Å²) in [5.41, 5.74) is 1.12. The highest BCUT2D eigenvalue weighted by Crippen LogP contribution is 2.14. The number of methoxy groups -OCH3 is 1. The van der Waals surface area contributed by atoms with Gasteiger partial charge in [0.2, 0.25) is 0 Å². The van der Waals surface area contributed by atoms with E-state index in [0.29, 0.717) is 12.3 Å². The lowest BCUT2D eigenvalue weighted by atomic mass is 10.1. The lowest BCUT2D eigenvalue weighted by Gasteiger charge is -2.15. The Hall–Kier alpha value is -1.63. The molecule has 0 saturated carbocycles. The van der Waals surface area contributed by atoms with Crippen LogP contribution in [0.2, 0.25) is 0 Å². The number of esters is 1. The van der Waals surface area contributed by atoms with E-state index in [1.54, 1.807) is 6.92 Å². The molecule has 1 aliphatic heterocycles. The number of aliphatic hydroxyl groups excluding tert-OH is 1. The quantitative estimate of drug-likeness (QED) is 0.629. The topological polar surface area (TPSA) is 79.8 Å². The maximum atomic E-state index is 11.3. The molecule has 0 amide bonds. The largest absolute Gasteiger partial charge is 0.479 e. The molecule has 0 radical (unpaired) electrons. The normalized spacial score (nSPS) is 22.3. The molecule has 1 fully saturated rings. The van der Waals surface area contributed by atoms with Gasteiger partial charge < -0.3 is 25.2 Å². The standard InChI is InChI=1S/C16H24N2O4/c1-11(16(20)21-2)22-14-5-3-12(4-6-14)7-17-8-13-9-18-10-15(13)19/h3-6,11,13,15,17-19H,7-10H2,1-2H3. The van der Waals surface area contributed by atoms with Gasteiger partial charge >= 0.3 is 5.97 Å². The van der Waals surface area contributed by atoms with Crippen molar-refractivity contribution in [3.05, 3.63) is 29.8 Å². The molecule has 6 nitrogen and oxygen atoms in total. The zero-order valence-electron chi connectivity index (χ0n) is 13.0. The molecule has 1 saturated heterocycles. The third-order valence-corrected chi connectivity index (χ3v) is 3.81. The molecule has 3 N–H and O–H groups in total. The van der Waals surface area contributed by atoms with E-state index in [2.05, 4.69) is 15.4 Å². The van der Waals surface area contributed by atoms with Crippen LogP contribution in [0, 0.1) is 5.92 Å². The summed E-state index contributed by atoms with van der Waals surface area (Å²) < 4.78 is 10.1. The van der Waals surface area contributed by atoms with Crippen molar-refractivity contribution in [2.75, 3.05) is 26.7 Å². The van der Waals surface area contributed by atoms with Gasteiger partial charge in [-0.25, -0.2) is 4.79 Å². The minimum Gasteiger partial charge on any atom is -0.479 e. The van der Waals surface area contributed by atoms with Crippen molar-refractivity contribution < 1.29 is 19.4 Å². The van der Waals surface area contributed by atoms with E-state index in [0.717, 1.165) is 25.2 Å². The summed E-state index contributed by atoms with van der Waals surface area (Å²) in [6, 6.07) is 7.58. The lowest BCUT2D eigenvalue weighted by Crippen LogP contribution is -2.30. The van der Waals surface area contributed by atoms with Crippen LogP contribution in [0.3, 0.4) is 0 Å². The molecule has 122 valence electrons. The van der Waals surface area contributed by atoms with Crippen LogP contribution >= 0.6 is 0 Å². The second-order valence-electron chi connectivity index (χ2n) is 5.54. The van der Waals surface area contributed by atoms with Crippen molar-refractivity contribution in [2.24, 2.45) is 5.92 Å². The molecule has 0 aliphatic carbocycles. The third-order valence-electron chi connectivity index (χ3n) is 3.81. The Bertz CT molecular complexity index is 478. The third kappa shape index (κ3) is 4.69. The summed E-state index contributed by atoms with van der Waals surface area (Å²) in [7, 11) is 1.34. The molecule has 2 rings (SSSR count). The van der Waals surface area contributed by atoms with Crippen molar-refractivity contribution in [3.8, 4) is 5.75 Å². The second-order valence-corrected chi connectivity index (χ2v) is 5.54. The smallest absolute Gasteiger partial charge is 0.346 e. The van der Waals surface area contributed by atoms with E-state index in [9.17, 15) is 9.90 Å². The van der Waals surface area contributed by atoms with Gasteiger partial charge in [0.1, 0.15) is 5.75 Å². The Labute approximate surface area is 130 Å². The first-order chi connectivity index (χ1) is 10.6. The summed E-state index contributed by atoms with van der Waals surface area (Å²) in [4.78, 5) is 11.3. The van der Waals surface area contributed by atoms with Gasteiger partial charge in [-0.2, -0.15) is 0 Å². The molecule has 0 bridgehead atoms. The highest BCUT2D eigenvalue weighted by Gasteiger charge is 2.23. The zero-order chi connectivity index (χ0) is 15.9. The molecule has 1 aliphatic rings. The van der Waals surface area contributed by atoms with E-state index >= 15 is 0 Å². The molecule has 1 aromatic rings. The molecule has 6 heteroatoms. The fourth-order valence-electron chi connectivity index (χ4n) is 2.43. The average molecular weight is 308 g/mol. The summed E-state index contributed by atoms with van der Waals surface area (Å²) in [5.74, 6) is 0.509. The maximum absolute atomic E-state index is 11.3.